The summed E-state index contributed by atoms with van der Waals surface area (Å²) in [5.41, 5.74) is -2.94. The molecule has 0 aromatic carbocycles. The van der Waals surface area contributed by atoms with Crippen LogP contribution in [0.15, 0.2) is 0 Å². The molecule has 0 aromatic rings. The summed E-state index contributed by atoms with van der Waals surface area (Å²) >= 11 is 0. The molecule has 0 heterocycles. The molecule has 100 valence electrons. The number of aliphatic carboxylic acids is 1. The van der Waals surface area contributed by atoms with Gasteiger partial charge in [0, 0.05) is 0 Å². The summed E-state index contributed by atoms with van der Waals surface area (Å²) in [6, 6.07) is 0. The Labute approximate surface area is 101 Å². The summed E-state index contributed by atoms with van der Waals surface area (Å²) in [5, 5.41) is 8.44. The van der Waals surface area contributed by atoms with Crippen molar-refractivity contribution in [3.05, 3.63) is 0 Å². The van der Waals surface area contributed by atoms with Gasteiger partial charge in [0.2, 0.25) is 0 Å². The highest BCUT2D eigenvalue weighted by atomic mass is 19.1. The first-order valence-electron chi connectivity index (χ1n) is 6.02. The van der Waals surface area contributed by atoms with E-state index in [0.717, 1.165) is 25.7 Å². The molecule has 1 N–H and O–H groups in total. The maximum Gasteiger partial charge on any atom is 0.355 e. The van der Waals surface area contributed by atoms with Gasteiger partial charge in [0.15, 0.2) is 0 Å². The predicted octanol–water partition coefficient (Wildman–Crippen LogP) is 2.70. The minimum absolute atomic E-state index is 0.0811. The molecule has 0 spiro atoms. The third-order valence-electron chi connectivity index (χ3n) is 2.52. The van der Waals surface area contributed by atoms with Crippen molar-refractivity contribution in [2.24, 2.45) is 0 Å². The number of esters is 1. The second-order valence-corrected chi connectivity index (χ2v) is 4.21. The van der Waals surface area contributed by atoms with E-state index in [4.69, 9.17) is 5.11 Å². The van der Waals surface area contributed by atoms with Crippen molar-refractivity contribution >= 4 is 11.9 Å². The summed E-state index contributed by atoms with van der Waals surface area (Å²) in [6.07, 6.45) is 6.08. The Morgan fingerprint density at radius 2 is 1.71 bits per heavy atom. The first-order chi connectivity index (χ1) is 7.92. The zero-order valence-corrected chi connectivity index (χ0v) is 10.5. The summed E-state index contributed by atoms with van der Waals surface area (Å²) in [4.78, 5) is 21.5. The topological polar surface area (TPSA) is 63.6 Å². The van der Waals surface area contributed by atoms with Crippen LogP contribution in [0.1, 0.15) is 52.4 Å². The highest BCUT2D eigenvalue weighted by molar-refractivity contribution is 6.01. The Morgan fingerprint density at radius 3 is 2.24 bits per heavy atom. The van der Waals surface area contributed by atoms with Gasteiger partial charge in [-0.1, -0.05) is 39.0 Å². The number of carbonyl (C=O) groups is 2. The number of carboxylic acids is 1. The van der Waals surface area contributed by atoms with E-state index in [-0.39, 0.29) is 6.61 Å². The lowest BCUT2D eigenvalue weighted by Crippen LogP contribution is -2.40. The monoisotopic (exact) mass is 248 g/mol. The standard InChI is InChI=1S/C12H21FO4/c1-3-4-5-6-7-8-9-17-11(16)12(2,13)10(14)15/h3-9H2,1-2H3,(H,14,15). The molecular formula is C12H21FO4. The maximum absolute atomic E-state index is 13.2. The van der Waals surface area contributed by atoms with Gasteiger partial charge >= 0.3 is 11.9 Å². The number of ether oxygens (including phenoxy) is 1. The average molecular weight is 248 g/mol. The third-order valence-corrected chi connectivity index (χ3v) is 2.52. The molecule has 1 atom stereocenters. The molecule has 0 aliphatic heterocycles. The fourth-order valence-electron chi connectivity index (χ4n) is 1.27. The molecule has 0 aromatic heterocycles. The quantitative estimate of drug-likeness (QED) is 0.387. The largest absolute Gasteiger partial charge is 0.478 e. The van der Waals surface area contributed by atoms with Gasteiger partial charge in [-0.15, -0.1) is 0 Å². The Morgan fingerprint density at radius 1 is 1.18 bits per heavy atom. The first kappa shape index (κ1) is 15.9. The second-order valence-electron chi connectivity index (χ2n) is 4.21. The number of halogens is 1. The molecule has 0 saturated carbocycles. The molecule has 5 heteroatoms. The van der Waals surface area contributed by atoms with Crippen molar-refractivity contribution in [2.75, 3.05) is 6.61 Å². The fourth-order valence-corrected chi connectivity index (χ4v) is 1.27. The lowest BCUT2D eigenvalue weighted by atomic mass is 10.1. The van der Waals surface area contributed by atoms with Crippen LogP contribution >= 0.6 is 0 Å². The molecule has 0 aliphatic rings. The molecule has 0 rings (SSSR count). The molecule has 0 amide bonds. The number of hydrogen-bond donors (Lipinski definition) is 1. The van der Waals surface area contributed by atoms with Crippen molar-refractivity contribution < 1.29 is 23.8 Å². The van der Waals surface area contributed by atoms with Crippen molar-refractivity contribution in [2.45, 2.75) is 58.0 Å². The number of unbranched alkanes of at least 4 members (excludes halogenated alkanes) is 5. The van der Waals surface area contributed by atoms with Gasteiger partial charge in [0.25, 0.3) is 5.67 Å². The number of rotatable bonds is 9. The van der Waals surface area contributed by atoms with E-state index in [1.807, 2.05) is 0 Å². The molecular weight excluding hydrogens is 227 g/mol. The Kier molecular flexibility index (Phi) is 7.50. The number of carbonyl (C=O) groups excluding carboxylic acids is 1. The van der Waals surface area contributed by atoms with Crippen molar-refractivity contribution in [1.29, 1.82) is 0 Å². The first-order valence-corrected chi connectivity index (χ1v) is 6.02. The molecule has 0 aliphatic carbocycles. The van der Waals surface area contributed by atoms with Crippen LogP contribution in [0.3, 0.4) is 0 Å². The average Bonchev–Trinajstić information content (AvgIpc) is 2.27. The van der Waals surface area contributed by atoms with Gasteiger partial charge in [0.1, 0.15) is 0 Å². The third kappa shape index (κ3) is 6.24. The van der Waals surface area contributed by atoms with E-state index >= 15 is 0 Å². The molecule has 0 radical (unpaired) electrons. The van der Waals surface area contributed by atoms with Crippen LogP contribution < -0.4 is 0 Å². The zero-order chi connectivity index (χ0) is 13.3. The van der Waals surface area contributed by atoms with Gasteiger partial charge < -0.3 is 9.84 Å². The Balaban J connectivity index is 3.62. The van der Waals surface area contributed by atoms with Crippen LogP contribution in [0.2, 0.25) is 0 Å². The summed E-state index contributed by atoms with van der Waals surface area (Å²) in [6.45, 7) is 2.90. The lowest BCUT2D eigenvalue weighted by molar-refractivity contribution is -0.169. The number of hydrogen-bond acceptors (Lipinski definition) is 3. The van der Waals surface area contributed by atoms with E-state index in [1.54, 1.807) is 0 Å². The normalized spacial score (nSPS) is 14.1. The zero-order valence-electron chi connectivity index (χ0n) is 10.5. The molecule has 1 unspecified atom stereocenters. The van der Waals surface area contributed by atoms with Crippen LogP contribution in [0.5, 0.6) is 0 Å². The van der Waals surface area contributed by atoms with Gasteiger partial charge in [-0.05, 0) is 13.3 Å². The van der Waals surface area contributed by atoms with Gasteiger partial charge in [0.05, 0.1) is 6.61 Å². The van der Waals surface area contributed by atoms with E-state index in [2.05, 4.69) is 11.7 Å². The minimum Gasteiger partial charge on any atom is -0.478 e. The molecule has 0 saturated heterocycles. The van der Waals surface area contributed by atoms with E-state index in [1.165, 1.54) is 6.42 Å². The smallest absolute Gasteiger partial charge is 0.355 e. The summed E-state index contributed by atoms with van der Waals surface area (Å²) in [7, 11) is 0. The van der Waals surface area contributed by atoms with Crippen molar-refractivity contribution in [3.63, 3.8) is 0 Å². The van der Waals surface area contributed by atoms with Crippen molar-refractivity contribution in [3.8, 4) is 0 Å². The van der Waals surface area contributed by atoms with E-state index in [9.17, 15) is 14.0 Å². The van der Waals surface area contributed by atoms with Crippen LogP contribution in [0, 0.1) is 0 Å². The van der Waals surface area contributed by atoms with Gasteiger partial charge in [-0.3, -0.25) is 0 Å². The lowest BCUT2D eigenvalue weighted by Gasteiger charge is -2.13. The van der Waals surface area contributed by atoms with Crippen LogP contribution in [-0.4, -0.2) is 29.3 Å². The van der Waals surface area contributed by atoms with Gasteiger partial charge in [-0.2, -0.15) is 0 Å². The summed E-state index contributed by atoms with van der Waals surface area (Å²) < 4.78 is 17.8. The molecule has 0 bridgehead atoms. The Hall–Kier alpha value is -1.13. The fraction of sp³-hybridized carbons (Fsp3) is 0.833. The van der Waals surface area contributed by atoms with Crippen LogP contribution in [-0.2, 0) is 14.3 Å². The highest BCUT2D eigenvalue weighted by Crippen LogP contribution is 2.13. The van der Waals surface area contributed by atoms with Crippen LogP contribution in [0.25, 0.3) is 0 Å². The van der Waals surface area contributed by atoms with E-state index in [0.29, 0.717) is 13.3 Å². The van der Waals surface area contributed by atoms with Crippen molar-refractivity contribution in [1.82, 2.24) is 0 Å². The van der Waals surface area contributed by atoms with Gasteiger partial charge in [-0.25, -0.2) is 14.0 Å². The number of alkyl halides is 1. The summed E-state index contributed by atoms with van der Waals surface area (Å²) in [5.74, 6) is -3.14. The minimum atomic E-state index is -2.94. The predicted molar refractivity (Wildman–Crippen MR) is 61.5 cm³/mol. The van der Waals surface area contributed by atoms with Crippen LogP contribution in [0.4, 0.5) is 4.39 Å². The highest BCUT2D eigenvalue weighted by Gasteiger charge is 2.43. The maximum atomic E-state index is 13.2. The molecule has 17 heavy (non-hydrogen) atoms. The Bertz CT molecular complexity index is 251. The molecule has 4 nitrogen and oxygen atoms in total. The SMILES string of the molecule is CCCCCCCCOC(=O)C(C)(F)C(=O)O. The second kappa shape index (κ2) is 8.03. The van der Waals surface area contributed by atoms with E-state index < -0.39 is 17.6 Å². The molecule has 0 fully saturated rings. The number of carboxylic acid groups (broad SMARTS) is 1.